The van der Waals surface area contributed by atoms with Gasteiger partial charge < -0.3 is 15.0 Å². The van der Waals surface area contributed by atoms with Crippen LogP contribution in [0.25, 0.3) is 0 Å². The number of aromatic nitrogens is 2. The number of methoxy groups -OCH3 is 1. The van der Waals surface area contributed by atoms with Crippen molar-refractivity contribution in [1.29, 1.82) is 0 Å². The van der Waals surface area contributed by atoms with Crippen LogP contribution in [0.4, 0.5) is 13.2 Å². The quantitative estimate of drug-likeness (QED) is 0.340. The Balaban J connectivity index is 1.54. The summed E-state index contributed by atoms with van der Waals surface area (Å²) in [4.78, 5) is 29.6. The van der Waals surface area contributed by atoms with Crippen LogP contribution in [0.1, 0.15) is 78.2 Å². The molecule has 0 spiro atoms. The van der Waals surface area contributed by atoms with Crippen LogP contribution in [0, 0.1) is 6.92 Å². The molecule has 1 aromatic heterocycles. The molecule has 7 nitrogen and oxygen atoms in total. The summed E-state index contributed by atoms with van der Waals surface area (Å²) in [5, 5.41) is 7.05. The van der Waals surface area contributed by atoms with E-state index in [-0.39, 0.29) is 30.5 Å². The van der Waals surface area contributed by atoms with Crippen molar-refractivity contribution in [3.8, 4) is 5.75 Å². The number of nitrogens with zero attached hydrogens (tertiary/aromatic N) is 3. The largest absolute Gasteiger partial charge is 0.497 e. The van der Waals surface area contributed by atoms with E-state index < -0.39 is 30.4 Å². The summed E-state index contributed by atoms with van der Waals surface area (Å²) in [5.74, 6) is -0.193. The highest BCUT2D eigenvalue weighted by molar-refractivity contribution is 5.89. The molecule has 5 rings (SSSR count). The second kappa shape index (κ2) is 12.6. The molecule has 0 radical (unpaired) electrons. The summed E-state index contributed by atoms with van der Waals surface area (Å²) >= 11 is 0. The van der Waals surface area contributed by atoms with E-state index in [0.717, 1.165) is 43.2 Å². The van der Waals surface area contributed by atoms with Crippen molar-refractivity contribution >= 4 is 11.8 Å². The van der Waals surface area contributed by atoms with Gasteiger partial charge in [-0.2, -0.15) is 18.3 Å². The van der Waals surface area contributed by atoms with Gasteiger partial charge in [-0.3, -0.25) is 14.3 Å². The Morgan fingerprint density at radius 1 is 1.02 bits per heavy atom. The number of halogens is 3. The standard InChI is InChI=1S/C32H37F3N4O3/c1-21-11-13-22(14-12-21)19-38(28(40)20-39-27-10-6-5-9-26(27)30(37-39)32(33,34)35)29(23-15-17-25(42-2)18-16-23)31(41)36-24-7-3-4-8-24/h11-18,24,29H,3-10,19-20H2,1-2H3,(H,36,41)/t29-/m0/s1. The number of ether oxygens (including phenoxy) is 1. The second-order valence-corrected chi connectivity index (χ2v) is 11.3. The first-order valence-electron chi connectivity index (χ1n) is 14.6. The molecular weight excluding hydrogens is 545 g/mol. The monoisotopic (exact) mass is 582 g/mol. The van der Waals surface area contributed by atoms with Crippen LogP contribution < -0.4 is 10.1 Å². The third-order valence-electron chi connectivity index (χ3n) is 8.30. The van der Waals surface area contributed by atoms with Gasteiger partial charge in [-0.05, 0) is 68.7 Å². The van der Waals surface area contributed by atoms with Gasteiger partial charge in [-0.25, -0.2) is 0 Å². The molecule has 3 aromatic rings. The Kier molecular flexibility index (Phi) is 8.89. The van der Waals surface area contributed by atoms with Crippen molar-refractivity contribution in [3.63, 3.8) is 0 Å². The van der Waals surface area contributed by atoms with Crippen molar-refractivity contribution in [2.75, 3.05) is 7.11 Å². The van der Waals surface area contributed by atoms with Crippen LogP contribution >= 0.6 is 0 Å². The summed E-state index contributed by atoms with van der Waals surface area (Å²) in [6.07, 6.45) is 1.26. The first-order valence-corrected chi connectivity index (χ1v) is 14.6. The molecule has 1 fully saturated rings. The molecule has 42 heavy (non-hydrogen) atoms. The summed E-state index contributed by atoms with van der Waals surface area (Å²) in [7, 11) is 1.55. The molecule has 1 heterocycles. The number of nitrogens with one attached hydrogen (secondary N) is 1. The summed E-state index contributed by atoms with van der Waals surface area (Å²) in [6, 6.07) is 13.6. The van der Waals surface area contributed by atoms with E-state index in [4.69, 9.17) is 4.74 Å². The third kappa shape index (κ3) is 6.63. The van der Waals surface area contributed by atoms with Crippen molar-refractivity contribution < 1.29 is 27.5 Å². The van der Waals surface area contributed by atoms with Gasteiger partial charge in [-0.1, -0.05) is 54.8 Å². The topological polar surface area (TPSA) is 76.5 Å². The molecular formula is C32H37F3N4O3. The maximum atomic E-state index is 14.2. The minimum Gasteiger partial charge on any atom is -0.497 e. The van der Waals surface area contributed by atoms with Gasteiger partial charge >= 0.3 is 6.18 Å². The lowest BCUT2D eigenvalue weighted by Crippen LogP contribution is -2.46. The zero-order valence-electron chi connectivity index (χ0n) is 24.0. The van der Waals surface area contributed by atoms with E-state index in [1.165, 1.54) is 9.58 Å². The van der Waals surface area contributed by atoms with Crippen LogP contribution in [0.3, 0.4) is 0 Å². The van der Waals surface area contributed by atoms with Crippen LogP contribution in [-0.4, -0.2) is 39.6 Å². The van der Waals surface area contributed by atoms with Gasteiger partial charge in [0.25, 0.3) is 0 Å². The van der Waals surface area contributed by atoms with E-state index in [1.54, 1.807) is 31.4 Å². The molecule has 0 saturated heterocycles. The fourth-order valence-corrected chi connectivity index (χ4v) is 6.07. The zero-order valence-corrected chi connectivity index (χ0v) is 24.0. The van der Waals surface area contributed by atoms with Gasteiger partial charge in [0.2, 0.25) is 11.8 Å². The molecule has 0 bridgehead atoms. The van der Waals surface area contributed by atoms with Crippen LogP contribution in [0.5, 0.6) is 5.75 Å². The Hall–Kier alpha value is -3.82. The van der Waals surface area contributed by atoms with E-state index in [1.807, 2.05) is 31.2 Å². The summed E-state index contributed by atoms with van der Waals surface area (Å²) in [6.45, 7) is 1.66. The van der Waals surface area contributed by atoms with Crippen molar-refractivity contribution in [3.05, 3.63) is 82.2 Å². The molecule has 1 atom stereocenters. The van der Waals surface area contributed by atoms with Crippen molar-refractivity contribution in [2.45, 2.75) is 89.6 Å². The second-order valence-electron chi connectivity index (χ2n) is 11.3. The lowest BCUT2D eigenvalue weighted by molar-refractivity contribution is -0.144. The molecule has 2 aliphatic rings. The molecule has 1 N–H and O–H groups in total. The summed E-state index contributed by atoms with van der Waals surface area (Å²) < 4.78 is 48.2. The van der Waals surface area contributed by atoms with Crippen LogP contribution in [0.15, 0.2) is 48.5 Å². The first-order chi connectivity index (χ1) is 20.1. The number of fused-ring (bicyclic) bond motifs is 1. The Morgan fingerprint density at radius 2 is 1.69 bits per heavy atom. The fraction of sp³-hybridized carbons (Fsp3) is 0.469. The number of hydrogen-bond donors (Lipinski definition) is 1. The number of aryl methyl sites for hydroxylation is 1. The minimum atomic E-state index is -4.61. The number of amides is 2. The highest BCUT2D eigenvalue weighted by Gasteiger charge is 2.40. The van der Waals surface area contributed by atoms with Gasteiger partial charge in [0.1, 0.15) is 18.3 Å². The highest BCUT2D eigenvalue weighted by Crippen LogP contribution is 2.36. The van der Waals surface area contributed by atoms with Crippen molar-refractivity contribution in [1.82, 2.24) is 20.0 Å². The Morgan fingerprint density at radius 3 is 2.33 bits per heavy atom. The minimum absolute atomic E-state index is 0.0158. The predicted molar refractivity (Wildman–Crippen MR) is 152 cm³/mol. The maximum Gasteiger partial charge on any atom is 0.435 e. The normalized spacial score (nSPS) is 16.1. The number of benzene rings is 2. The highest BCUT2D eigenvalue weighted by atomic mass is 19.4. The molecule has 10 heteroatoms. The number of alkyl halides is 3. The van der Waals surface area contributed by atoms with E-state index in [0.29, 0.717) is 29.8 Å². The maximum absolute atomic E-state index is 14.2. The van der Waals surface area contributed by atoms with Gasteiger partial charge in [0.15, 0.2) is 5.69 Å². The first kappa shape index (κ1) is 29.7. The zero-order chi connectivity index (χ0) is 29.9. The lowest BCUT2D eigenvalue weighted by Gasteiger charge is -2.33. The SMILES string of the molecule is COc1ccc([C@@H](C(=O)NC2CCCC2)N(Cc2ccc(C)cc2)C(=O)Cn2nc(C(F)(F)F)c3c2CCCC3)cc1. The van der Waals surface area contributed by atoms with Gasteiger partial charge in [0, 0.05) is 23.8 Å². The number of hydrogen-bond acceptors (Lipinski definition) is 4. The number of rotatable bonds is 9. The van der Waals surface area contributed by atoms with E-state index in [2.05, 4.69) is 10.4 Å². The lowest BCUT2D eigenvalue weighted by atomic mass is 9.95. The average molecular weight is 583 g/mol. The Labute approximate surface area is 244 Å². The molecule has 0 unspecified atom stereocenters. The average Bonchev–Trinajstić information content (AvgIpc) is 3.62. The van der Waals surface area contributed by atoms with E-state index >= 15 is 0 Å². The predicted octanol–water partition coefficient (Wildman–Crippen LogP) is 5.93. The van der Waals surface area contributed by atoms with Crippen LogP contribution in [-0.2, 0) is 41.7 Å². The van der Waals surface area contributed by atoms with Gasteiger partial charge in [0.05, 0.1) is 7.11 Å². The van der Waals surface area contributed by atoms with Crippen molar-refractivity contribution in [2.24, 2.45) is 0 Å². The molecule has 224 valence electrons. The fourth-order valence-electron chi connectivity index (χ4n) is 6.07. The van der Waals surface area contributed by atoms with Crippen LogP contribution in [0.2, 0.25) is 0 Å². The van der Waals surface area contributed by atoms with Gasteiger partial charge in [-0.15, -0.1) is 0 Å². The molecule has 2 amide bonds. The summed E-state index contributed by atoms with van der Waals surface area (Å²) in [5.41, 5.74) is 2.15. The number of carbonyl (C=O) groups excluding carboxylic acids is 2. The number of carbonyl (C=O) groups is 2. The Bertz CT molecular complexity index is 1390. The molecule has 0 aliphatic heterocycles. The molecule has 2 aromatic carbocycles. The smallest absolute Gasteiger partial charge is 0.435 e. The molecule has 2 aliphatic carbocycles. The molecule has 1 saturated carbocycles. The third-order valence-corrected chi connectivity index (χ3v) is 8.30. The van der Waals surface area contributed by atoms with E-state index in [9.17, 15) is 22.8 Å².